The van der Waals surface area contributed by atoms with Gasteiger partial charge in [-0.2, -0.15) is 17.0 Å². The lowest BCUT2D eigenvalue weighted by molar-refractivity contribution is -0.146. The second kappa shape index (κ2) is 8.73. The summed E-state index contributed by atoms with van der Waals surface area (Å²) in [6, 6.07) is 0. The zero-order chi connectivity index (χ0) is 19.1. The van der Waals surface area contributed by atoms with E-state index in [0.29, 0.717) is 45.2 Å². The van der Waals surface area contributed by atoms with Gasteiger partial charge in [-0.05, 0) is 32.4 Å². The van der Waals surface area contributed by atoms with Gasteiger partial charge in [0.25, 0.3) is 10.2 Å². The Kier molecular flexibility index (Phi) is 6.94. The van der Waals surface area contributed by atoms with Crippen molar-refractivity contribution in [3.05, 3.63) is 0 Å². The molecule has 4 fully saturated rings. The molecular formula is C18H34ClN5O3S. The number of carbonyl (C=O) groups is 1. The van der Waals surface area contributed by atoms with Gasteiger partial charge in [-0.15, -0.1) is 12.4 Å². The van der Waals surface area contributed by atoms with Gasteiger partial charge in [-0.3, -0.25) is 4.79 Å². The second-order valence-electron chi connectivity index (χ2n) is 8.63. The van der Waals surface area contributed by atoms with Gasteiger partial charge in [0.2, 0.25) is 5.91 Å². The molecule has 0 spiro atoms. The monoisotopic (exact) mass is 435 g/mol. The molecule has 1 aliphatic carbocycles. The largest absolute Gasteiger partial charge is 0.340 e. The van der Waals surface area contributed by atoms with Crippen molar-refractivity contribution in [3.63, 3.8) is 0 Å². The van der Waals surface area contributed by atoms with Gasteiger partial charge in [-0.25, -0.2) is 0 Å². The van der Waals surface area contributed by atoms with Gasteiger partial charge >= 0.3 is 0 Å². The molecular weight excluding hydrogens is 402 g/mol. The average Bonchev–Trinajstić information content (AvgIpc) is 3.13. The molecule has 162 valence electrons. The van der Waals surface area contributed by atoms with Crippen LogP contribution in [0.4, 0.5) is 0 Å². The Morgan fingerprint density at radius 3 is 2.21 bits per heavy atom. The summed E-state index contributed by atoms with van der Waals surface area (Å²) < 4.78 is 29.0. The lowest BCUT2D eigenvalue weighted by Gasteiger charge is -2.44. The van der Waals surface area contributed by atoms with E-state index in [9.17, 15) is 13.2 Å². The van der Waals surface area contributed by atoms with E-state index >= 15 is 0 Å². The maximum Gasteiger partial charge on any atom is 0.282 e. The third-order valence-corrected chi connectivity index (χ3v) is 9.14. The predicted molar refractivity (Wildman–Crippen MR) is 111 cm³/mol. The number of piperazine rings is 2. The van der Waals surface area contributed by atoms with E-state index in [-0.39, 0.29) is 23.7 Å². The number of likely N-dealkylation sites (N-methyl/N-ethyl adjacent to an activating group) is 1. The molecule has 0 aromatic rings. The molecule has 1 amide bonds. The number of fused-ring (bicyclic) bond motifs is 1. The van der Waals surface area contributed by atoms with E-state index in [0.717, 1.165) is 45.4 Å². The number of nitrogens with one attached hydrogen (secondary N) is 1. The summed E-state index contributed by atoms with van der Waals surface area (Å²) in [5, 5.41) is 3.44. The second-order valence-corrected chi connectivity index (χ2v) is 10.6. The van der Waals surface area contributed by atoms with E-state index in [1.165, 1.54) is 6.42 Å². The Bertz CT molecular complexity index is 662. The maximum absolute atomic E-state index is 13.4. The molecule has 2 atom stereocenters. The molecule has 3 saturated heterocycles. The number of halogens is 1. The lowest BCUT2D eigenvalue weighted by Crippen LogP contribution is -2.59. The van der Waals surface area contributed by atoms with Crippen LogP contribution in [-0.2, 0) is 15.0 Å². The van der Waals surface area contributed by atoms with Crippen LogP contribution >= 0.6 is 12.4 Å². The highest BCUT2D eigenvalue weighted by Crippen LogP contribution is 2.45. The van der Waals surface area contributed by atoms with Crippen LogP contribution in [0.1, 0.15) is 25.7 Å². The van der Waals surface area contributed by atoms with Gasteiger partial charge in [0.1, 0.15) is 0 Å². The van der Waals surface area contributed by atoms with Crippen molar-refractivity contribution >= 4 is 28.5 Å². The third-order valence-electron chi connectivity index (χ3n) is 7.10. The first-order chi connectivity index (χ1) is 12.9. The van der Waals surface area contributed by atoms with Gasteiger partial charge in [0.15, 0.2) is 0 Å². The highest BCUT2D eigenvalue weighted by molar-refractivity contribution is 7.86. The molecule has 1 saturated carbocycles. The van der Waals surface area contributed by atoms with Crippen molar-refractivity contribution < 1.29 is 13.2 Å². The van der Waals surface area contributed by atoms with Crippen molar-refractivity contribution in [1.29, 1.82) is 0 Å². The van der Waals surface area contributed by atoms with Crippen LogP contribution < -0.4 is 5.32 Å². The minimum Gasteiger partial charge on any atom is -0.340 e. The number of amides is 1. The molecule has 10 heteroatoms. The number of rotatable bonds is 3. The molecule has 0 aromatic carbocycles. The zero-order valence-corrected chi connectivity index (χ0v) is 18.4. The Labute approximate surface area is 175 Å². The molecule has 28 heavy (non-hydrogen) atoms. The van der Waals surface area contributed by atoms with Gasteiger partial charge in [-0.1, -0.05) is 12.8 Å². The lowest BCUT2D eigenvalue weighted by atomic mass is 9.67. The van der Waals surface area contributed by atoms with E-state index in [4.69, 9.17) is 0 Å². The Morgan fingerprint density at radius 1 is 0.964 bits per heavy atom. The van der Waals surface area contributed by atoms with Crippen LogP contribution in [0.2, 0.25) is 0 Å². The molecule has 8 nitrogen and oxygen atoms in total. The molecule has 4 rings (SSSR count). The first-order valence-corrected chi connectivity index (χ1v) is 11.8. The van der Waals surface area contributed by atoms with E-state index in [2.05, 4.69) is 10.2 Å². The number of hydrogen-bond donors (Lipinski definition) is 1. The molecule has 4 aliphatic rings. The molecule has 1 N–H and O–H groups in total. The first-order valence-electron chi connectivity index (χ1n) is 10.4. The van der Waals surface area contributed by atoms with Crippen molar-refractivity contribution in [3.8, 4) is 0 Å². The fourth-order valence-electron chi connectivity index (χ4n) is 5.29. The summed E-state index contributed by atoms with van der Waals surface area (Å²) >= 11 is 0. The highest BCUT2D eigenvalue weighted by Gasteiger charge is 2.51. The molecule has 0 bridgehead atoms. The summed E-state index contributed by atoms with van der Waals surface area (Å²) in [4.78, 5) is 17.4. The SMILES string of the molecule is CN1CCN(S(=O)(=O)N2CCN(C(=O)[C@@]34CCCC[C@H]3CNC4)CC2)CC1.Cl. The van der Waals surface area contributed by atoms with Gasteiger partial charge in [0, 0.05) is 58.9 Å². The maximum atomic E-state index is 13.4. The smallest absolute Gasteiger partial charge is 0.282 e. The number of hydrogen-bond acceptors (Lipinski definition) is 5. The molecule has 0 aromatic heterocycles. The van der Waals surface area contributed by atoms with Crippen molar-refractivity contribution in [1.82, 2.24) is 23.7 Å². The predicted octanol–water partition coefficient (Wildman–Crippen LogP) is -0.176. The standard InChI is InChI=1S/C18H33N5O3S.ClH/c1-20-6-10-22(11-7-20)27(25,26)23-12-8-21(9-13-23)17(24)18-5-3-2-4-16(18)14-19-15-18;/h16,19H,2-15H2,1H3;1H/t16-,18+;/m0./s1. The Hall–Kier alpha value is -0.450. The van der Waals surface area contributed by atoms with Crippen LogP contribution in [0.25, 0.3) is 0 Å². The minimum atomic E-state index is -3.41. The van der Waals surface area contributed by atoms with Crippen molar-refractivity contribution in [2.45, 2.75) is 25.7 Å². The van der Waals surface area contributed by atoms with Crippen molar-refractivity contribution in [2.75, 3.05) is 72.5 Å². The van der Waals surface area contributed by atoms with Crippen molar-refractivity contribution in [2.24, 2.45) is 11.3 Å². The topological polar surface area (TPSA) is 76.2 Å². The summed E-state index contributed by atoms with van der Waals surface area (Å²) in [6.45, 7) is 6.23. The van der Waals surface area contributed by atoms with Gasteiger partial charge < -0.3 is 15.1 Å². The first kappa shape index (κ1) is 22.2. The zero-order valence-electron chi connectivity index (χ0n) is 16.8. The van der Waals surface area contributed by atoms with Crippen LogP contribution in [0.5, 0.6) is 0 Å². The van der Waals surface area contributed by atoms with Gasteiger partial charge in [0.05, 0.1) is 5.41 Å². The van der Waals surface area contributed by atoms with Crippen LogP contribution in [0.3, 0.4) is 0 Å². The third kappa shape index (κ3) is 3.94. The molecule has 3 heterocycles. The summed E-state index contributed by atoms with van der Waals surface area (Å²) in [6.07, 6.45) is 4.46. The van der Waals surface area contributed by atoms with Crippen LogP contribution in [0, 0.1) is 11.3 Å². The van der Waals surface area contributed by atoms with Crippen LogP contribution in [-0.4, -0.2) is 105 Å². The normalized spacial score (nSPS) is 33.3. The van der Waals surface area contributed by atoms with E-state index in [1.807, 2.05) is 11.9 Å². The fourth-order valence-corrected chi connectivity index (χ4v) is 6.86. The van der Waals surface area contributed by atoms with E-state index in [1.54, 1.807) is 8.61 Å². The highest BCUT2D eigenvalue weighted by atomic mass is 35.5. The average molecular weight is 436 g/mol. The van der Waals surface area contributed by atoms with E-state index < -0.39 is 10.2 Å². The fraction of sp³-hybridized carbons (Fsp3) is 0.944. The molecule has 0 unspecified atom stereocenters. The molecule has 0 radical (unpaired) electrons. The number of carbonyl (C=O) groups excluding carboxylic acids is 1. The Morgan fingerprint density at radius 2 is 1.57 bits per heavy atom. The summed E-state index contributed by atoms with van der Waals surface area (Å²) in [5.41, 5.74) is -0.239. The quantitative estimate of drug-likeness (QED) is 0.665. The summed E-state index contributed by atoms with van der Waals surface area (Å²) in [7, 11) is -1.39. The molecule has 3 aliphatic heterocycles. The minimum absolute atomic E-state index is 0. The summed E-state index contributed by atoms with van der Waals surface area (Å²) in [5.74, 6) is 0.708. The van der Waals surface area contributed by atoms with Crippen LogP contribution in [0.15, 0.2) is 0 Å². The Balaban J connectivity index is 0.00000225. The number of nitrogens with zero attached hydrogens (tertiary/aromatic N) is 4.